The lowest BCUT2D eigenvalue weighted by molar-refractivity contribution is 0.102. The lowest BCUT2D eigenvalue weighted by atomic mass is 10.0. The Morgan fingerprint density at radius 2 is 1.29 bits per heavy atom. The molecule has 0 aliphatic rings. The molecule has 3 aromatic carbocycles. The van der Waals surface area contributed by atoms with Crippen LogP contribution in [0, 0.1) is 5.82 Å². The van der Waals surface area contributed by atoms with Crippen molar-refractivity contribution in [2.24, 2.45) is 0 Å². The molecule has 2 amide bonds. The molecule has 142 valence electrons. The van der Waals surface area contributed by atoms with Crippen LogP contribution in [-0.2, 0) is 0 Å². The lowest BCUT2D eigenvalue weighted by Gasteiger charge is -2.14. The van der Waals surface area contributed by atoms with Crippen molar-refractivity contribution in [2.75, 3.05) is 10.6 Å². The largest absolute Gasteiger partial charge is 0.322 e. The molecule has 0 bridgehead atoms. The topological polar surface area (TPSA) is 58.2 Å². The van der Waals surface area contributed by atoms with Gasteiger partial charge in [0, 0.05) is 16.8 Å². The second kappa shape index (κ2) is 8.48. The van der Waals surface area contributed by atoms with E-state index in [1.807, 2.05) is 24.3 Å². The van der Waals surface area contributed by atoms with Crippen LogP contribution in [0.25, 0.3) is 0 Å². The molecule has 0 spiro atoms. The summed E-state index contributed by atoms with van der Waals surface area (Å²) in [4.78, 5) is 25.1. The normalized spacial score (nSPS) is 10.6. The first kappa shape index (κ1) is 19.3. The van der Waals surface area contributed by atoms with Crippen LogP contribution in [0.5, 0.6) is 0 Å². The van der Waals surface area contributed by atoms with E-state index in [0.29, 0.717) is 5.56 Å². The fourth-order valence-electron chi connectivity index (χ4n) is 2.87. The zero-order valence-corrected chi connectivity index (χ0v) is 15.7. The van der Waals surface area contributed by atoms with Gasteiger partial charge in [-0.2, -0.15) is 0 Å². The maximum absolute atomic E-state index is 13.7. The van der Waals surface area contributed by atoms with Crippen LogP contribution >= 0.6 is 0 Å². The molecule has 4 nitrogen and oxygen atoms in total. The number of benzene rings is 3. The summed E-state index contributed by atoms with van der Waals surface area (Å²) in [7, 11) is 0. The zero-order chi connectivity index (χ0) is 20.1. The van der Waals surface area contributed by atoms with Crippen molar-refractivity contribution in [1.82, 2.24) is 0 Å². The monoisotopic (exact) mass is 376 g/mol. The Hall–Kier alpha value is -3.47. The summed E-state index contributed by atoms with van der Waals surface area (Å²) in [5, 5.41) is 5.42. The van der Waals surface area contributed by atoms with E-state index < -0.39 is 11.7 Å². The van der Waals surface area contributed by atoms with Crippen molar-refractivity contribution in [3.05, 3.63) is 95.3 Å². The highest BCUT2D eigenvalue weighted by Gasteiger charge is 2.14. The Kier molecular flexibility index (Phi) is 5.84. The lowest BCUT2D eigenvalue weighted by Crippen LogP contribution is -2.16. The molecule has 0 saturated heterocycles. The van der Waals surface area contributed by atoms with Crippen LogP contribution in [0.3, 0.4) is 0 Å². The van der Waals surface area contributed by atoms with E-state index in [1.54, 1.807) is 30.3 Å². The number of nitrogens with one attached hydrogen (secondary N) is 2. The second-order valence-corrected chi connectivity index (χ2v) is 6.71. The predicted octanol–water partition coefficient (Wildman–Crippen LogP) is 5.45. The molecule has 3 rings (SSSR count). The molecule has 0 atom stereocenters. The van der Waals surface area contributed by atoms with Crippen molar-refractivity contribution in [3.63, 3.8) is 0 Å². The Morgan fingerprint density at radius 3 is 1.89 bits per heavy atom. The fraction of sp³-hybridized carbons (Fsp3) is 0.130. The van der Waals surface area contributed by atoms with E-state index in [4.69, 9.17) is 0 Å². The molecule has 0 aromatic heterocycles. The van der Waals surface area contributed by atoms with Gasteiger partial charge in [0.2, 0.25) is 0 Å². The number of halogens is 1. The van der Waals surface area contributed by atoms with E-state index in [1.165, 1.54) is 18.2 Å². The van der Waals surface area contributed by atoms with Gasteiger partial charge in [-0.1, -0.05) is 50.2 Å². The average Bonchev–Trinajstić information content (AvgIpc) is 2.70. The summed E-state index contributed by atoms with van der Waals surface area (Å²) in [6, 6.07) is 19.9. The molecule has 2 N–H and O–H groups in total. The summed E-state index contributed by atoms with van der Waals surface area (Å²) in [6.45, 7) is 4.11. The number of anilines is 2. The van der Waals surface area contributed by atoms with Crippen molar-refractivity contribution in [2.45, 2.75) is 19.8 Å². The molecule has 0 unspecified atom stereocenters. The van der Waals surface area contributed by atoms with E-state index in [2.05, 4.69) is 24.5 Å². The third-order valence-electron chi connectivity index (χ3n) is 4.34. The van der Waals surface area contributed by atoms with Crippen LogP contribution in [0.2, 0.25) is 0 Å². The van der Waals surface area contributed by atoms with Gasteiger partial charge in [0.25, 0.3) is 11.8 Å². The summed E-state index contributed by atoms with van der Waals surface area (Å²) in [5.41, 5.74) is 2.48. The predicted molar refractivity (Wildman–Crippen MR) is 109 cm³/mol. The number of para-hydroxylation sites is 2. The second-order valence-electron chi connectivity index (χ2n) is 6.71. The summed E-state index contributed by atoms with van der Waals surface area (Å²) < 4.78 is 13.7. The maximum atomic E-state index is 13.7. The van der Waals surface area contributed by atoms with Gasteiger partial charge >= 0.3 is 0 Å². The summed E-state index contributed by atoms with van der Waals surface area (Å²) in [6.07, 6.45) is 0. The van der Waals surface area contributed by atoms with E-state index in [0.717, 1.165) is 11.3 Å². The van der Waals surface area contributed by atoms with Gasteiger partial charge in [-0.25, -0.2) is 4.39 Å². The standard InChI is InChI=1S/C23H21FN2O2/c1-15(2)18-10-3-5-12-20(18)25-22(27)16-8-7-9-17(14-16)23(28)26-21-13-6-4-11-19(21)24/h3-15H,1-2H3,(H,25,27)(H,26,28). The molecular formula is C23H21FN2O2. The van der Waals surface area contributed by atoms with Crippen molar-refractivity contribution in [1.29, 1.82) is 0 Å². The Balaban J connectivity index is 1.78. The van der Waals surface area contributed by atoms with Gasteiger partial charge in [-0.3, -0.25) is 9.59 Å². The highest BCUT2D eigenvalue weighted by Crippen LogP contribution is 2.24. The SMILES string of the molecule is CC(C)c1ccccc1NC(=O)c1cccc(C(=O)Nc2ccccc2F)c1. The van der Waals surface area contributed by atoms with Crippen LogP contribution in [0.4, 0.5) is 15.8 Å². The number of hydrogen-bond donors (Lipinski definition) is 2. The number of amides is 2. The molecule has 3 aromatic rings. The number of hydrogen-bond acceptors (Lipinski definition) is 2. The first-order valence-corrected chi connectivity index (χ1v) is 9.02. The number of carbonyl (C=O) groups is 2. The number of carbonyl (C=O) groups excluding carboxylic acids is 2. The Bertz CT molecular complexity index is 1010. The highest BCUT2D eigenvalue weighted by molar-refractivity contribution is 6.09. The van der Waals surface area contributed by atoms with Crippen molar-refractivity contribution >= 4 is 23.2 Å². The molecule has 0 saturated carbocycles. The molecule has 28 heavy (non-hydrogen) atoms. The van der Waals surface area contributed by atoms with E-state index >= 15 is 0 Å². The van der Waals surface area contributed by atoms with Gasteiger partial charge < -0.3 is 10.6 Å². The fourth-order valence-corrected chi connectivity index (χ4v) is 2.87. The minimum Gasteiger partial charge on any atom is -0.322 e. The quantitative estimate of drug-likeness (QED) is 0.622. The average molecular weight is 376 g/mol. The smallest absolute Gasteiger partial charge is 0.255 e. The van der Waals surface area contributed by atoms with Crippen LogP contribution < -0.4 is 10.6 Å². The Morgan fingerprint density at radius 1 is 0.750 bits per heavy atom. The first-order valence-electron chi connectivity index (χ1n) is 9.02. The Labute approximate surface area is 163 Å². The highest BCUT2D eigenvalue weighted by atomic mass is 19.1. The van der Waals surface area contributed by atoms with Crippen LogP contribution in [0.1, 0.15) is 46.0 Å². The van der Waals surface area contributed by atoms with Crippen molar-refractivity contribution in [3.8, 4) is 0 Å². The molecule has 5 heteroatoms. The minimum atomic E-state index is -0.518. The molecular weight excluding hydrogens is 355 g/mol. The summed E-state index contributed by atoms with van der Waals surface area (Å²) in [5.74, 6) is -1.06. The van der Waals surface area contributed by atoms with Gasteiger partial charge in [-0.05, 0) is 47.9 Å². The molecule has 0 radical (unpaired) electrons. The van der Waals surface area contributed by atoms with E-state index in [-0.39, 0.29) is 23.1 Å². The van der Waals surface area contributed by atoms with Gasteiger partial charge in [-0.15, -0.1) is 0 Å². The maximum Gasteiger partial charge on any atom is 0.255 e. The molecule has 0 heterocycles. The number of rotatable bonds is 5. The van der Waals surface area contributed by atoms with E-state index in [9.17, 15) is 14.0 Å². The zero-order valence-electron chi connectivity index (χ0n) is 15.7. The minimum absolute atomic E-state index is 0.0909. The molecule has 0 aliphatic heterocycles. The molecule has 0 aliphatic carbocycles. The first-order chi connectivity index (χ1) is 13.5. The van der Waals surface area contributed by atoms with Gasteiger partial charge in [0.15, 0.2) is 0 Å². The summed E-state index contributed by atoms with van der Waals surface area (Å²) >= 11 is 0. The van der Waals surface area contributed by atoms with Gasteiger partial charge in [0.05, 0.1) is 5.69 Å². The van der Waals surface area contributed by atoms with Crippen LogP contribution in [0.15, 0.2) is 72.8 Å². The van der Waals surface area contributed by atoms with Crippen LogP contribution in [-0.4, -0.2) is 11.8 Å². The van der Waals surface area contributed by atoms with Crippen molar-refractivity contribution < 1.29 is 14.0 Å². The molecule has 0 fully saturated rings. The van der Waals surface area contributed by atoms with Gasteiger partial charge in [0.1, 0.15) is 5.82 Å². The third kappa shape index (κ3) is 4.43. The third-order valence-corrected chi connectivity index (χ3v) is 4.34.